The fourth-order valence-corrected chi connectivity index (χ4v) is 4.64. The molecule has 0 atom stereocenters. The van der Waals surface area contributed by atoms with Gasteiger partial charge in [-0.1, -0.05) is 42.0 Å². The number of carbonyl (C=O) groups is 1. The molecule has 0 aliphatic heterocycles. The highest BCUT2D eigenvalue weighted by Crippen LogP contribution is 2.30. The predicted octanol–water partition coefficient (Wildman–Crippen LogP) is 4.73. The second-order valence-corrected chi connectivity index (χ2v) is 9.02. The number of aryl methyl sites for hydroxylation is 1. The number of nitriles is 1. The van der Waals surface area contributed by atoms with E-state index in [2.05, 4.69) is 0 Å². The minimum absolute atomic E-state index is 0.0658. The molecule has 174 valence electrons. The lowest BCUT2D eigenvalue weighted by Gasteiger charge is -2.22. The molecule has 7 nitrogen and oxygen atoms in total. The van der Waals surface area contributed by atoms with Crippen LogP contribution in [0, 0.1) is 18.3 Å². The second-order valence-electron chi connectivity index (χ2n) is 7.24. The largest absolute Gasteiger partial charge is 0.493 e. The van der Waals surface area contributed by atoms with Crippen LogP contribution in [0.4, 0.5) is 5.69 Å². The van der Waals surface area contributed by atoms with Gasteiger partial charge in [0.05, 0.1) is 24.3 Å². The number of ether oxygens (including phenoxy) is 2. The van der Waals surface area contributed by atoms with Crippen LogP contribution in [0.2, 0.25) is 0 Å². The van der Waals surface area contributed by atoms with Crippen LogP contribution in [0.1, 0.15) is 18.1 Å². The van der Waals surface area contributed by atoms with Gasteiger partial charge in [0, 0.05) is 0 Å². The third kappa shape index (κ3) is 5.27. The van der Waals surface area contributed by atoms with Crippen molar-refractivity contribution in [2.75, 3.05) is 18.0 Å². The van der Waals surface area contributed by atoms with E-state index in [4.69, 9.17) is 9.47 Å². The number of hydrogen-bond acceptors (Lipinski definition) is 6. The molecule has 0 unspecified atom stereocenters. The molecule has 1 amide bonds. The van der Waals surface area contributed by atoms with Crippen LogP contribution in [0.5, 0.6) is 11.5 Å². The van der Waals surface area contributed by atoms with Gasteiger partial charge in [0.15, 0.2) is 11.5 Å². The smallest absolute Gasteiger partial charge is 0.282 e. The second kappa shape index (κ2) is 10.7. The third-order valence-electron chi connectivity index (χ3n) is 4.88. The number of nitrogens with zero attached hydrogens (tertiary/aromatic N) is 2. The monoisotopic (exact) mass is 476 g/mol. The van der Waals surface area contributed by atoms with Crippen molar-refractivity contribution in [1.82, 2.24) is 0 Å². The van der Waals surface area contributed by atoms with Gasteiger partial charge in [-0.25, -0.2) is 8.42 Å². The summed E-state index contributed by atoms with van der Waals surface area (Å²) in [6, 6.07) is 20.8. The van der Waals surface area contributed by atoms with Crippen molar-refractivity contribution < 1.29 is 22.7 Å². The fraction of sp³-hybridized carbons (Fsp3) is 0.154. The van der Waals surface area contributed by atoms with E-state index in [0.717, 1.165) is 5.56 Å². The minimum Gasteiger partial charge on any atom is -0.493 e. The quantitative estimate of drug-likeness (QED) is 0.344. The number of amides is 1. The van der Waals surface area contributed by atoms with Crippen molar-refractivity contribution >= 4 is 27.7 Å². The zero-order valence-corrected chi connectivity index (χ0v) is 19.9. The lowest BCUT2D eigenvalue weighted by molar-refractivity contribution is -0.113. The Morgan fingerprint density at radius 1 is 1.03 bits per heavy atom. The molecule has 0 saturated heterocycles. The number of anilines is 1. The Balaban J connectivity index is 2.11. The number of sulfonamides is 1. The van der Waals surface area contributed by atoms with Crippen LogP contribution in [-0.2, 0) is 14.8 Å². The summed E-state index contributed by atoms with van der Waals surface area (Å²) in [5, 5.41) is 9.78. The number of methoxy groups -OCH3 is 1. The summed E-state index contributed by atoms with van der Waals surface area (Å²) in [7, 11) is -2.81. The summed E-state index contributed by atoms with van der Waals surface area (Å²) in [5.41, 5.74) is 1.15. The molecule has 0 fully saturated rings. The standard InChI is InChI=1S/C26H24N2O5S/c1-4-33-24-15-12-20(17-25(24)32-3)16-21(18-27)26(29)28(22-13-10-19(2)11-14-22)34(30,31)23-8-6-5-7-9-23/h5-17H,4H2,1-3H3/b21-16+. The molecule has 0 spiro atoms. The Bertz CT molecular complexity index is 1340. The summed E-state index contributed by atoms with van der Waals surface area (Å²) in [6.07, 6.45) is 1.32. The molecule has 0 aliphatic rings. The number of carbonyl (C=O) groups excluding carboxylic acids is 1. The van der Waals surface area contributed by atoms with Crippen LogP contribution in [0.3, 0.4) is 0 Å². The number of hydrogen-bond donors (Lipinski definition) is 0. The molecule has 0 N–H and O–H groups in total. The maximum atomic E-state index is 13.5. The molecule has 0 radical (unpaired) electrons. The van der Waals surface area contributed by atoms with Crippen molar-refractivity contribution in [2.45, 2.75) is 18.7 Å². The van der Waals surface area contributed by atoms with E-state index in [-0.39, 0.29) is 16.2 Å². The molecule has 8 heteroatoms. The van der Waals surface area contributed by atoms with Gasteiger partial charge in [0.2, 0.25) is 0 Å². The van der Waals surface area contributed by atoms with Crippen LogP contribution in [0.25, 0.3) is 6.08 Å². The van der Waals surface area contributed by atoms with E-state index in [1.807, 2.05) is 19.9 Å². The SMILES string of the molecule is CCOc1ccc(/C=C(\C#N)C(=O)N(c2ccc(C)cc2)S(=O)(=O)c2ccccc2)cc1OC. The van der Waals surface area contributed by atoms with E-state index in [9.17, 15) is 18.5 Å². The van der Waals surface area contributed by atoms with E-state index >= 15 is 0 Å². The Kier molecular flexibility index (Phi) is 7.71. The molecule has 0 aliphatic carbocycles. The third-order valence-corrected chi connectivity index (χ3v) is 6.61. The summed E-state index contributed by atoms with van der Waals surface area (Å²) >= 11 is 0. The van der Waals surface area contributed by atoms with Crippen molar-refractivity contribution in [3.05, 3.63) is 89.5 Å². The first kappa shape index (κ1) is 24.6. The highest BCUT2D eigenvalue weighted by Gasteiger charge is 2.33. The molecular formula is C26H24N2O5S. The van der Waals surface area contributed by atoms with Gasteiger partial charge >= 0.3 is 0 Å². The number of rotatable bonds is 8. The van der Waals surface area contributed by atoms with Gasteiger partial charge in [-0.15, -0.1) is 0 Å². The van der Waals surface area contributed by atoms with Crippen LogP contribution in [-0.4, -0.2) is 28.0 Å². The zero-order chi connectivity index (χ0) is 24.7. The van der Waals surface area contributed by atoms with Crippen LogP contribution < -0.4 is 13.8 Å². The maximum absolute atomic E-state index is 13.5. The Hall–Kier alpha value is -4.09. The van der Waals surface area contributed by atoms with Crippen molar-refractivity contribution in [3.63, 3.8) is 0 Å². The average Bonchev–Trinajstić information content (AvgIpc) is 2.85. The summed E-state index contributed by atoms with van der Waals surface area (Å²) < 4.78 is 38.4. The summed E-state index contributed by atoms with van der Waals surface area (Å²) in [6.45, 7) is 4.13. The van der Waals surface area contributed by atoms with E-state index < -0.39 is 15.9 Å². The van der Waals surface area contributed by atoms with E-state index in [1.54, 1.807) is 48.5 Å². The van der Waals surface area contributed by atoms with Crippen LogP contribution >= 0.6 is 0 Å². The molecule has 3 rings (SSSR count). The van der Waals surface area contributed by atoms with Gasteiger partial charge in [0.25, 0.3) is 15.9 Å². The Morgan fingerprint density at radius 2 is 1.71 bits per heavy atom. The number of benzene rings is 3. The molecule has 0 aromatic heterocycles. The highest BCUT2D eigenvalue weighted by molar-refractivity contribution is 7.93. The minimum atomic E-state index is -4.29. The normalized spacial score (nSPS) is 11.4. The summed E-state index contributed by atoms with van der Waals surface area (Å²) in [4.78, 5) is 13.4. The fourth-order valence-electron chi connectivity index (χ4n) is 3.21. The summed E-state index contributed by atoms with van der Waals surface area (Å²) in [5.74, 6) is -0.0318. The molecule has 34 heavy (non-hydrogen) atoms. The Morgan fingerprint density at radius 3 is 2.29 bits per heavy atom. The highest BCUT2D eigenvalue weighted by atomic mass is 32.2. The van der Waals surface area contributed by atoms with Gasteiger partial charge in [-0.05, 0) is 61.9 Å². The van der Waals surface area contributed by atoms with Crippen LogP contribution in [0.15, 0.2) is 83.3 Å². The van der Waals surface area contributed by atoms with Crippen molar-refractivity contribution in [3.8, 4) is 17.6 Å². The van der Waals surface area contributed by atoms with Crippen molar-refractivity contribution in [1.29, 1.82) is 5.26 Å². The average molecular weight is 477 g/mol. The topological polar surface area (TPSA) is 96.7 Å². The maximum Gasteiger partial charge on any atom is 0.282 e. The molecule has 3 aromatic rings. The zero-order valence-electron chi connectivity index (χ0n) is 19.1. The first-order valence-electron chi connectivity index (χ1n) is 10.5. The van der Waals surface area contributed by atoms with Crippen molar-refractivity contribution in [2.24, 2.45) is 0 Å². The van der Waals surface area contributed by atoms with E-state index in [0.29, 0.717) is 28.0 Å². The predicted molar refractivity (Wildman–Crippen MR) is 130 cm³/mol. The first-order chi connectivity index (χ1) is 16.3. The lowest BCUT2D eigenvalue weighted by Crippen LogP contribution is -2.37. The molecule has 3 aromatic carbocycles. The van der Waals surface area contributed by atoms with Gasteiger partial charge < -0.3 is 9.47 Å². The molecular weight excluding hydrogens is 452 g/mol. The Labute approximate surface area is 199 Å². The molecule has 0 bridgehead atoms. The van der Waals surface area contributed by atoms with Gasteiger partial charge in [0.1, 0.15) is 11.6 Å². The van der Waals surface area contributed by atoms with E-state index in [1.165, 1.54) is 37.5 Å². The molecule has 0 saturated carbocycles. The lowest BCUT2D eigenvalue weighted by atomic mass is 10.1. The van der Waals surface area contributed by atoms with Gasteiger partial charge in [-0.3, -0.25) is 4.79 Å². The molecule has 0 heterocycles. The first-order valence-corrected chi connectivity index (χ1v) is 11.9. The van der Waals surface area contributed by atoms with Gasteiger partial charge in [-0.2, -0.15) is 9.57 Å².